The summed E-state index contributed by atoms with van der Waals surface area (Å²) in [6.07, 6.45) is -8.42. The van der Waals surface area contributed by atoms with Crippen LogP contribution in [0.1, 0.15) is 6.23 Å². The number of nitrogens with two attached hydrogens (primary N) is 1. The lowest BCUT2D eigenvalue weighted by atomic mass is 10.1. The van der Waals surface area contributed by atoms with E-state index in [0.717, 1.165) is 12.7 Å². The second-order valence-electron chi connectivity index (χ2n) is 8.77. The zero-order valence-electron chi connectivity index (χ0n) is 21.0. The number of fused-ring (bicyclic) bond motifs is 1. The zero-order chi connectivity index (χ0) is 32.0. The first-order chi connectivity index (χ1) is 19.8. The van der Waals surface area contributed by atoms with Gasteiger partial charge in [-0.25, -0.2) is 33.2 Å². The molecule has 4 heterocycles. The summed E-state index contributed by atoms with van der Waals surface area (Å²) >= 11 is 0. The van der Waals surface area contributed by atoms with Gasteiger partial charge >= 0.3 is 31.3 Å². The van der Waals surface area contributed by atoms with Crippen LogP contribution in [0.25, 0.3) is 11.2 Å². The van der Waals surface area contributed by atoms with Crippen LogP contribution >= 0.6 is 31.3 Å². The quantitative estimate of drug-likeness (QED) is 0.0984. The summed E-state index contributed by atoms with van der Waals surface area (Å²) in [7, 11) is -23.5. The van der Waals surface area contributed by atoms with Gasteiger partial charge in [0.2, 0.25) is 0 Å². The molecule has 4 rings (SSSR count). The monoisotopic (exact) mass is 703 g/mol. The first-order valence-electron chi connectivity index (χ1n) is 11.5. The maximum atomic E-state index is 12.2. The lowest BCUT2D eigenvalue weighted by Crippen LogP contribution is -2.33. The Hall–Kier alpha value is -1.33. The van der Waals surface area contributed by atoms with Gasteiger partial charge in [-0.15, -0.1) is 0 Å². The Balaban J connectivity index is 1.31. The largest absolute Gasteiger partial charge is 0.490 e. The Labute approximate surface area is 239 Å². The lowest BCUT2D eigenvalue weighted by molar-refractivity contribution is -0.0503. The van der Waals surface area contributed by atoms with E-state index in [2.05, 4.69) is 36.9 Å². The van der Waals surface area contributed by atoms with Crippen molar-refractivity contribution in [3.63, 3.8) is 0 Å². The van der Waals surface area contributed by atoms with E-state index in [1.165, 1.54) is 4.57 Å². The molecule has 0 spiro atoms. The van der Waals surface area contributed by atoms with Crippen LogP contribution in [-0.4, -0.2) is 116 Å². The predicted octanol–water partition coefficient (Wildman–Crippen LogP) is -2.37. The van der Waals surface area contributed by atoms with E-state index in [1.54, 1.807) is 0 Å². The number of phosphoric ester groups is 2. The maximum absolute atomic E-state index is 12.2. The van der Waals surface area contributed by atoms with Crippen LogP contribution in [0.15, 0.2) is 12.7 Å². The molecule has 2 aliphatic heterocycles. The van der Waals surface area contributed by atoms with Crippen LogP contribution in [0.4, 0.5) is 5.82 Å². The van der Waals surface area contributed by atoms with Crippen LogP contribution < -0.4 is 5.73 Å². The highest BCUT2D eigenvalue weighted by Gasteiger charge is 2.49. The van der Waals surface area contributed by atoms with Gasteiger partial charge in [-0.1, -0.05) is 0 Å². The molecule has 0 saturated carbocycles. The number of ether oxygens (including phenoxy) is 2. The fraction of sp³-hybridized carbons (Fsp3) is 0.667. The SMILES string of the molecule is Nc1ncnc2c1ncn2[C@@H]1O[C@H](COP(=O)(O)OP(=O)(O)OP(=O)(O)OP(=O)(O)OC[C@H]2OC[C@H](O)[C@@H]2O)[C@@H](O)[C@H]1O. The molecule has 2 aromatic rings. The fourth-order valence-corrected chi connectivity index (χ4v) is 8.72. The molecule has 0 amide bonds. The summed E-state index contributed by atoms with van der Waals surface area (Å²) in [4.78, 5) is 50.3. The number of rotatable bonds is 13. The number of aromatic nitrogens is 4. The molecule has 0 aliphatic carbocycles. The Bertz CT molecular complexity index is 1510. The third kappa shape index (κ3) is 8.48. The zero-order valence-corrected chi connectivity index (χ0v) is 24.6. The summed E-state index contributed by atoms with van der Waals surface area (Å²) < 4.78 is 79.9. The smallest absolute Gasteiger partial charge is 0.388 e. The first-order valence-corrected chi connectivity index (χ1v) is 17.4. The second-order valence-corrected chi connectivity index (χ2v) is 15.0. The molecular formula is C15H25N5O19P4. The van der Waals surface area contributed by atoms with Crippen molar-refractivity contribution >= 4 is 48.3 Å². The number of imidazole rings is 1. The molecule has 0 aromatic carbocycles. The number of aliphatic hydroxyl groups is 4. The third-order valence-corrected chi connectivity index (χ3v) is 11.6. The molecule has 11 atom stereocenters. The van der Waals surface area contributed by atoms with Gasteiger partial charge in [0, 0.05) is 0 Å². The van der Waals surface area contributed by atoms with Gasteiger partial charge < -0.3 is 55.2 Å². The number of hydrogen-bond acceptors (Lipinski definition) is 19. The minimum atomic E-state index is -6.10. The van der Waals surface area contributed by atoms with Gasteiger partial charge in [0.25, 0.3) is 0 Å². The van der Waals surface area contributed by atoms with E-state index in [-0.39, 0.29) is 23.6 Å². The molecule has 0 radical (unpaired) electrons. The molecule has 244 valence electrons. The van der Waals surface area contributed by atoms with Crippen molar-refractivity contribution in [2.45, 2.75) is 42.9 Å². The highest BCUT2D eigenvalue weighted by Crippen LogP contribution is 2.71. The van der Waals surface area contributed by atoms with Crippen LogP contribution in [0.2, 0.25) is 0 Å². The first kappa shape index (κ1) is 34.5. The number of anilines is 1. The highest BCUT2D eigenvalue weighted by atomic mass is 31.3. The van der Waals surface area contributed by atoms with Crippen LogP contribution in [0.5, 0.6) is 0 Å². The normalized spacial score (nSPS) is 33.5. The molecule has 0 bridgehead atoms. The third-order valence-electron chi connectivity index (χ3n) is 5.68. The van der Waals surface area contributed by atoms with Gasteiger partial charge in [0.1, 0.15) is 48.5 Å². The lowest BCUT2D eigenvalue weighted by Gasteiger charge is -2.21. The van der Waals surface area contributed by atoms with Crippen LogP contribution in [0.3, 0.4) is 0 Å². The van der Waals surface area contributed by atoms with E-state index < -0.39 is 87.4 Å². The van der Waals surface area contributed by atoms with E-state index in [4.69, 9.17) is 15.2 Å². The van der Waals surface area contributed by atoms with Crippen molar-refractivity contribution in [1.29, 1.82) is 0 Å². The Morgan fingerprint density at radius 1 is 0.814 bits per heavy atom. The number of hydrogen-bond donors (Lipinski definition) is 9. The highest BCUT2D eigenvalue weighted by molar-refractivity contribution is 7.69. The molecule has 4 unspecified atom stereocenters. The fourth-order valence-electron chi connectivity index (χ4n) is 3.77. The Morgan fingerprint density at radius 3 is 1.93 bits per heavy atom. The summed E-state index contributed by atoms with van der Waals surface area (Å²) in [5.74, 6) is -0.00269. The molecular weight excluding hydrogens is 678 g/mol. The Morgan fingerprint density at radius 2 is 1.37 bits per heavy atom. The average Bonchev–Trinajstić information content (AvgIpc) is 3.51. The minimum Gasteiger partial charge on any atom is -0.388 e. The molecule has 2 saturated heterocycles. The van der Waals surface area contributed by atoms with E-state index in [0.29, 0.717) is 0 Å². The van der Waals surface area contributed by atoms with E-state index >= 15 is 0 Å². The van der Waals surface area contributed by atoms with Crippen molar-refractivity contribution in [3.8, 4) is 0 Å². The van der Waals surface area contributed by atoms with Gasteiger partial charge in [-0.3, -0.25) is 13.6 Å². The number of phosphoric acid groups is 4. The van der Waals surface area contributed by atoms with E-state index in [1.807, 2.05) is 0 Å². The van der Waals surface area contributed by atoms with Gasteiger partial charge in [-0.2, -0.15) is 12.9 Å². The average molecular weight is 703 g/mol. The van der Waals surface area contributed by atoms with Crippen molar-refractivity contribution in [2.75, 3.05) is 25.6 Å². The maximum Gasteiger partial charge on any atom is 0.490 e. The van der Waals surface area contributed by atoms with Crippen LogP contribution in [0, 0.1) is 0 Å². The predicted molar refractivity (Wildman–Crippen MR) is 132 cm³/mol. The topological polar surface area (TPSA) is 364 Å². The number of aliphatic hydroxyl groups excluding tert-OH is 4. The molecule has 10 N–H and O–H groups in total. The molecule has 43 heavy (non-hydrogen) atoms. The molecule has 2 aromatic heterocycles. The minimum absolute atomic E-state index is 0.00269. The number of nitrogen functional groups attached to an aromatic ring is 1. The molecule has 2 aliphatic rings. The molecule has 28 heteroatoms. The second kappa shape index (κ2) is 12.8. The summed E-state index contributed by atoms with van der Waals surface area (Å²) in [6.45, 7) is -2.40. The van der Waals surface area contributed by atoms with Gasteiger partial charge in [-0.05, 0) is 0 Å². The van der Waals surface area contributed by atoms with Crippen LogP contribution in [-0.2, 0) is 49.7 Å². The van der Waals surface area contributed by atoms with Gasteiger partial charge in [0.05, 0.1) is 26.1 Å². The van der Waals surface area contributed by atoms with Crippen molar-refractivity contribution in [3.05, 3.63) is 12.7 Å². The Kier molecular flexibility index (Phi) is 10.3. The van der Waals surface area contributed by atoms with Crippen molar-refractivity contribution in [2.24, 2.45) is 0 Å². The van der Waals surface area contributed by atoms with Gasteiger partial charge in [0.15, 0.2) is 17.7 Å². The standard InChI is InChI=1S/C15H25N5O19P4/c16-13-9-14(18-4-17-13)20(5-19-9)15-12(24)11(23)8(36-15)3-35-41(27,28)38-43(31,32)39-42(29,30)37-40(25,26)34-2-7-10(22)6(21)1-33-7/h4-8,10-12,15,21-24H,1-3H2,(H,25,26)(H,27,28)(H,29,30)(H,31,32)(H2,16,17,18)/t6-,7+,8+,10-,11+,12+,15+/m0/s1. The number of nitrogens with zero attached hydrogens (tertiary/aromatic N) is 4. The summed E-state index contributed by atoms with van der Waals surface area (Å²) in [6, 6.07) is 0. The summed E-state index contributed by atoms with van der Waals surface area (Å²) in [5.41, 5.74) is 5.93. The van der Waals surface area contributed by atoms with E-state index in [9.17, 15) is 58.3 Å². The molecule has 2 fully saturated rings. The molecule has 24 nitrogen and oxygen atoms in total. The van der Waals surface area contributed by atoms with Crippen molar-refractivity contribution in [1.82, 2.24) is 19.5 Å². The summed E-state index contributed by atoms with van der Waals surface area (Å²) in [5, 5.41) is 39.7. The van der Waals surface area contributed by atoms with Crippen molar-refractivity contribution < 1.29 is 89.7 Å².